The average Bonchev–Trinajstić information content (AvgIpc) is 2.82. The average molecular weight is 312 g/mol. The SMILES string of the molecule is Cc1ccc2c(sc3c(F)c(OC=C(F)F)ccc32)c1F. The minimum absolute atomic E-state index is 0.169. The summed E-state index contributed by atoms with van der Waals surface area (Å²) in [5, 5.41) is 1.12. The van der Waals surface area contributed by atoms with Crippen LogP contribution in [-0.4, -0.2) is 0 Å². The monoisotopic (exact) mass is 312 g/mol. The predicted octanol–water partition coefficient (Wildman–Crippen LogP) is 5.76. The second kappa shape index (κ2) is 5.04. The maximum Gasteiger partial charge on any atom is 0.305 e. The summed E-state index contributed by atoms with van der Waals surface area (Å²) in [6.07, 6.45) is -1.89. The second-order valence-corrected chi connectivity index (χ2v) is 5.48. The zero-order valence-corrected chi connectivity index (χ0v) is 11.5. The molecule has 108 valence electrons. The lowest BCUT2D eigenvalue weighted by atomic mass is 10.1. The normalized spacial score (nSPS) is 11.1. The molecule has 0 aliphatic rings. The van der Waals surface area contributed by atoms with Crippen LogP contribution in [0.3, 0.4) is 0 Å². The van der Waals surface area contributed by atoms with Crippen molar-refractivity contribution >= 4 is 31.5 Å². The van der Waals surface area contributed by atoms with Gasteiger partial charge in [0.2, 0.25) is 0 Å². The number of fused-ring (bicyclic) bond motifs is 3. The Bertz CT molecular complexity index is 878. The third-order valence-corrected chi connectivity index (χ3v) is 4.33. The van der Waals surface area contributed by atoms with Crippen LogP contribution >= 0.6 is 11.3 Å². The van der Waals surface area contributed by atoms with Gasteiger partial charge in [0.25, 0.3) is 0 Å². The van der Waals surface area contributed by atoms with E-state index in [0.717, 1.165) is 11.3 Å². The zero-order chi connectivity index (χ0) is 15.1. The van der Waals surface area contributed by atoms with Gasteiger partial charge in [0, 0.05) is 10.8 Å². The molecular formula is C15H8F4OS. The third kappa shape index (κ3) is 2.25. The lowest BCUT2D eigenvalue weighted by Gasteiger charge is -2.02. The van der Waals surface area contributed by atoms with E-state index in [1.54, 1.807) is 19.1 Å². The summed E-state index contributed by atoms with van der Waals surface area (Å²) in [5.41, 5.74) is 0.466. The van der Waals surface area contributed by atoms with Crippen LogP contribution in [0.4, 0.5) is 17.6 Å². The van der Waals surface area contributed by atoms with E-state index < -0.39 is 17.7 Å². The maximum atomic E-state index is 14.3. The molecule has 0 spiro atoms. The Morgan fingerprint density at radius 3 is 2.29 bits per heavy atom. The fourth-order valence-electron chi connectivity index (χ4n) is 2.12. The van der Waals surface area contributed by atoms with Crippen LogP contribution in [0.1, 0.15) is 5.56 Å². The van der Waals surface area contributed by atoms with Gasteiger partial charge in [0.1, 0.15) is 5.82 Å². The largest absolute Gasteiger partial charge is 0.456 e. The van der Waals surface area contributed by atoms with Gasteiger partial charge in [-0.05, 0) is 24.6 Å². The summed E-state index contributed by atoms with van der Waals surface area (Å²) in [6.45, 7) is 1.62. The highest BCUT2D eigenvalue weighted by Crippen LogP contribution is 2.40. The highest BCUT2D eigenvalue weighted by Gasteiger charge is 2.16. The van der Waals surface area contributed by atoms with Crippen LogP contribution < -0.4 is 4.74 Å². The van der Waals surface area contributed by atoms with Crippen molar-refractivity contribution < 1.29 is 22.3 Å². The summed E-state index contributed by atoms with van der Waals surface area (Å²) in [7, 11) is 0. The number of hydrogen-bond acceptors (Lipinski definition) is 2. The van der Waals surface area contributed by atoms with Gasteiger partial charge < -0.3 is 4.74 Å². The molecule has 0 N–H and O–H groups in total. The number of ether oxygens (including phenoxy) is 1. The molecule has 0 bridgehead atoms. The molecule has 3 rings (SSSR count). The van der Waals surface area contributed by atoms with Crippen molar-refractivity contribution in [2.75, 3.05) is 0 Å². The fraction of sp³-hybridized carbons (Fsp3) is 0.0667. The van der Waals surface area contributed by atoms with Gasteiger partial charge >= 0.3 is 6.08 Å². The van der Waals surface area contributed by atoms with E-state index in [1.165, 1.54) is 12.1 Å². The first-order valence-electron chi connectivity index (χ1n) is 5.96. The van der Waals surface area contributed by atoms with E-state index in [0.29, 0.717) is 21.0 Å². The van der Waals surface area contributed by atoms with Crippen molar-refractivity contribution in [3.63, 3.8) is 0 Å². The molecule has 1 heterocycles. The van der Waals surface area contributed by atoms with Crippen molar-refractivity contribution in [2.45, 2.75) is 6.92 Å². The minimum atomic E-state index is -2.06. The van der Waals surface area contributed by atoms with E-state index in [9.17, 15) is 17.6 Å². The number of aryl methyl sites for hydroxylation is 1. The Balaban J connectivity index is 2.27. The molecule has 0 amide bonds. The Morgan fingerprint density at radius 2 is 1.62 bits per heavy atom. The molecule has 0 aliphatic carbocycles. The van der Waals surface area contributed by atoms with E-state index in [2.05, 4.69) is 4.74 Å². The Hall–Kier alpha value is -2.08. The van der Waals surface area contributed by atoms with Crippen molar-refractivity contribution in [3.05, 3.63) is 53.8 Å². The smallest absolute Gasteiger partial charge is 0.305 e. The number of halogens is 4. The van der Waals surface area contributed by atoms with Gasteiger partial charge in [0.05, 0.1) is 9.40 Å². The van der Waals surface area contributed by atoms with Crippen molar-refractivity contribution in [2.24, 2.45) is 0 Å². The molecule has 0 saturated carbocycles. The molecule has 1 aromatic heterocycles. The van der Waals surface area contributed by atoms with Crippen LogP contribution in [0.25, 0.3) is 20.2 Å². The van der Waals surface area contributed by atoms with Crippen LogP contribution in [0.5, 0.6) is 5.75 Å². The first-order valence-corrected chi connectivity index (χ1v) is 6.78. The topological polar surface area (TPSA) is 9.23 Å². The quantitative estimate of drug-likeness (QED) is 0.432. The summed E-state index contributed by atoms with van der Waals surface area (Å²) >= 11 is 0.939. The first-order chi connectivity index (χ1) is 9.99. The molecule has 21 heavy (non-hydrogen) atoms. The number of rotatable bonds is 2. The summed E-state index contributed by atoms with van der Waals surface area (Å²) in [4.78, 5) is 0. The van der Waals surface area contributed by atoms with Crippen LogP contribution in [-0.2, 0) is 0 Å². The molecule has 6 heteroatoms. The minimum Gasteiger partial charge on any atom is -0.456 e. The van der Waals surface area contributed by atoms with E-state index in [1.807, 2.05) is 0 Å². The van der Waals surface area contributed by atoms with Gasteiger partial charge in [-0.3, -0.25) is 0 Å². The Kier molecular flexibility index (Phi) is 3.33. The molecule has 2 aromatic carbocycles. The molecular weight excluding hydrogens is 304 g/mol. The van der Waals surface area contributed by atoms with Crippen LogP contribution in [0.15, 0.2) is 36.6 Å². The molecule has 0 saturated heterocycles. The molecule has 0 radical (unpaired) electrons. The van der Waals surface area contributed by atoms with Gasteiger partial charge in [-0.15, -0.1) is 11.3 Å². The summed E-state index contributed by atoms with van der Waals surface area (Å²) < 4.78 is 57.4. The van der Waals surface area contributed by atoms with E-state index in [4.69, 9.17) is 0 Å². The molecule has 0 unspecified atom stereocenters. The van der Waals surface area contributed by atoms with Crippen LogP contribution in [0.2, 0.25) is 0 Å². The third-order valence-electron chi connectivity index (χ3n) is 3.12. The van der Waals surface area contributed by atoms with Crippen molar-refractivity contribution in [3.8, 4) is 5.75 Å². The second-order valence-electron chi connectivity index (χ2n) is 4.45. The highest BCUT2D eigenvalue weighted by atomic mass is 32.1. The summed E-state index contributed by atoms with van der Waals surface area (Å²) in [5.74, 6) is -1.49. The van der Waals surface area contributed by atoms with Crippen molar-refractivity contribution in [1.29, 1.82) is 0 Å². The molecule has 0 atom stereocenters. The van der Waals surface area contributed by atoms with Gasteiger partial charge in [-0.1, -0.05) is 12.1 Å². The Morgan fingerprint density at radius 1 is 1.00 bits per heavy atom. The summed E-state index contributed by atoms with van der Waals surface area (Å²) in [6, 6.07) is 6.12. The van der Waals surface area contributed by atoms with Gasteiger partial charge in [-0.2, -0.15) is 8.78 Å². The number of thiophene rings is 1. The number of benzene rings is 2. The van der Waals surface area contributed by atoms with Gasteiger partial charge in [-0.25, -0.2) is 8.78 Å². The fourth-order valence-corrected chi connectivity index (χ4v) is 3.34. The van der Waals surface area contributed by atoms with Crippen molar-refractivity contribution in [1.82, 2.24) is 0 Å². The molecule has 1 nitrogen and oxygen atoms in total. The number of hydrogen-bond donors (Lipinski definition) is 0. The zero-order valence-electron chi connectivity index (χ0n) is 10.7. The van der Waals surface area contributed by atoms with Gasteiger partial charge in [0.15, 0.2) is 17.8 Å². The van der Waals surface area contributed by atoms with Crippen LogP contribution in [0, 0.1) is 18.6 Å². The lowest BCUT2D eigenvalue weighted by molar-refractivity contribution is 0.357. The maximum absolute atomic E-state index is 14.3. The first kappa shape index (κ1) is 13.9. The predicted molar refractivity (Wildman–Crippen MR) is 74.9 cm³/mol. The van der Waals surface area contributed by atoms with E-state index >= 15 is 0 Å². The molecule has 0 fully saturated rings. The Labute approximate surface area is 121 Å². The highest BCUT2D eigenvalue weighted by molar-refractivity contribution is 7.25. The lowest BCUT2D eigenvalue weighted by Crippen LogP contribution is -1.87. The standard InChI is InChI=1S/C15H8F4OS/c1-7-2-3-8-9-4-5-10(20-6-11(16)17)13(19)15(9)21-14(8)12(7)18/h2-6H,1H3. The molecule has 3 aromatic rings. The molecule has 0 aliphatic heterocycles. The van der Waals surface area contributed by atoms with E-state index in [-0.39, 0.29) is 16.7 Å².